The molecular formula is C14H21N3O2. The molecule has 1 aromatic rings. The molecule has 0 radical (unpaired) electrons. The number of aliphatic hydroxyl groups is 1. The van der Waals surface area contributed by atoms with Crippen molar-refractivity contribution in [3.63, 3.8) is 0 Å². The van der Waals surface area contributed by atoms with Crippen LogP contribution in [0.25, 0.3) is 0 Å². The summed E-state index contributed by atoms with van der Waals surface area (Å²) < 4.78 is 0. The third kappa shape index (κ3) is 2.56. The molecular weight excluding hydrogens is 242 g/mol. The second kappa shape index (κ2) is 4.81. The number of aromatic nitrogens is 1. The highest BCUT2D eigenvalue weighted by atomic mass is 16.3. The number of aliphatic hydroxyl groups excluding tert-OH is 1. The lowest BCUT2D eigenvalue weighted by Gasteiger charge is -2.49. The highest BCUT2D eigenvalue weighted by molar-refractivity contribution is 5.93. The molecule has 0 saturated heterocycles. The molecule has 2 atom stereocenters. The topological polar surface area (TPSA) is 65.5 Å². The summed E-state index contributed by atoms with van der Waals surface area (Å²) >= 11 is 0. The molecule has 2 N–H and O–H groups in total. The molecule has 5 nitrogen and oxygen atoms in total. The van der Waals surface area contributed by atoms with Crippen molar-refractivity contribution in [2.75, 3.05) is 19.4 Å². The van der Waals surface area contributed by atoms with Gasteiger partial charge in [-0.25, -0.2) is 4.98 Å². The first-order chi connectivity index (χ1) is 8.82. The van der Waals surface area contributed by atoms with Crippen LogP contribution in [0.15, 0.2) is 18.3 Å². The maximum Gasteiger partial charge on any atom is 0.254 e. The van der Waals surface area contributed by atoms with Gasteiger partial charge in [0.15, 0.2) is 0 Å². The number of rotatable bonds is 3. The fraction of sp³-hybridized carbons (Fsp3) is 0.571. The van der Waals surface area contributed by atoms with Gasteiger partial charge in [0, 0.05) is 31.7 Å². The van der Waals surface area contributed by atoms with Gasteiger partial charge in [-0.05, 0) is 18.6 Å². The average Bonchev–Trinajstić information content (AvgIpc) is 2.38. The lowest BCUT2D eigenvalue weighted by molar-refractivity contribution is -0.0511. The molecule has 1 saturated carbocycles. The minimum Gasteiger partial charge on any atom is -0.392 e. The van der Waals surface area contributed by atoms with Crippen molar-refractivity contribution < 1.29 is 9.90 Å². The van der Waals surface area contributed by atoms with Crippen LogP contribution in [-0.4, -0.2) is 47.1 Å². The number of pyridine rings is 1. The van der Waals surface area contributed by atoms with Crippen molar-refractivity contribution in [1.82, 2.24) is 9.88 Å². The third-order valence-corrected chi connectivity index (χ3v) is 3.95. The molecule has 1 heterocycles. The molecule has 0 spiro atoms. The zero-order chi connectivity index (χ0) is 14.2. The summed E-state index contributed by atoms with van der Waals surface area (Å²) in [7, 11) is 3.43. The Morgan fingerprint density at radius 2 is 2.16 bits per heavy atom. The van der Waals surface area contributed by atoms with Crippen molar-refractivity contribution in [1.29, 1.82) is 0 Å². The van der Waals surface area contributed by atoms with Crippen LogP contribution in [-0.2, 0) is 0 Å². The number of carbonyl (C=O) groups excluding carboxylic acids is 1. The van der Waals surface area contributed by atoms with Crippen LogP contribution in [0.2, 0.25) is 0 Å². The molecule has 2 unspecified atom stereocenters. The summed E-state index contributed by atoms with van der Waals surface area (Å²) in [6.45, 7) is 4.06. The van der Waals surface area contributed by atoms with E-state index < -0.39 is 0 Å². The Morgan fingerprint density at radius 3 is 2.58 bits per heavy atom. The first-order valence-electron chi connectivity index (χ1n) is 6.44. The Bertz CT molecular complexity index is 468. The normalized spacial score (nSPS) is 24.5. The second-order valence-electron chi connectivity index (χ2n) is 5.90. The van der Waals surface area contributed by atoms with E-state index in [-0.39, 0.29) is 23.5 Å². The summed E-state index contributed by atoms with van der Waals surface area (Å²) in [5, 5.41) is 13.0. The summed E-state index contributed by atoms with van der Waals surface area (Å²) in [6.07, 6.45) is 2.04. The number of hydrogen-bond donors (Lipinski definition) is 2. The van der Waals surface area contributed by atoms with Crippen LogP contribution < -0.4 is 5.32 Å². The van der Waals surface area contributed by atoms with Crippen molar-refractivity contribution in [3.8, 4) is 0 Å². The molecule has 2 rings (SSSR count). The largest absolute Gasteiger partial charge is 0.392 e. The molecule has 1 aliphatic carbocycles. The number of nitrogens with one attached hydrogen (secondary N) is 1. The standard InChI is InChI=1S/C14H21N3O2/c1-14(2)10(7-11(14)18)16-12-6-5-9(8-15-12)13(19)17(3)4/h5-6,8,10-11,18H,7H2,1-4H3,(H,15,16). The van der Waals surface area contributed by atoms with E-state index in [1.54, 1.807) is 32.4 Å². The van der Waals surface area contributed by atoms with Gasteiger partial charge in [-0.1, -0.05) is 13.8 Å². The Labute approximate surface area is 113 Å². The minimum absolute atomic E-state index is 0.0570. The van der Waals surface area contributed by atoms with Crippen LogP contribution in [0.4, 0.5) is 5.82 Å². The van der Waals surface area contributed by atoms with Crippen LogP contribution in [0.1, 0.15) is 30.6 Å². The SMILES string of the molecule is CN(C)C(=O)c1ccc(NC2CC(O)C2(C)C)nc1. The summed E-state index contributed by atoms with van der Waals surface area (Å²) in [5.41, 5.74) is 0.434. The fourth-order valence-corrected chi connectivity index (χ4v) is 2.19. The number of anilines is 1. The Hall–Kier alpha value is -1.62. The zero-order valence-corrected chi connectivity index (χ0v) is 11.8. The molecule has 1 aromatic heterocycles. The van der Waals surface area contributed by atoms with Gasteiger partial charge in [0.25, 0.3) is 5.91 Å². The predicted molar refractivity (Wildman–Crippen MR) is 74.1 cm³/mol. The molecule has 104 valence electrons. The van der Waals surface area contributed by atoms with Gasteiger partial charge >= 0.3 is 0 Å². The molecule has 19 heavy (non-hydrogen) atoms. The van der Waals surface area contributed by atoms with Crippen molar-refractivity contribution >= 4 is 11.7 Å². The first-order valence-corrected chi connectivity index (χ1v) is 6.44. The molecule has 0 aliphatic heterocycles. The van der Waals surface area contributed by atoms with E-state index in [1.807, 2.05) is 13.8 Å². The van der Waals surface area contributed by atoms with Gasteiger partial charge < -0.3 is 15.3 Å². The first kappa shape index (κ1) is 13.8. The monoisotopic (exact) mass is 263 g/mol. The van der Waals surface area contributed by atoms with Crippen LogP contribution in [0.3, 0.4) is 0 Å². The smallest absolute Gasteiger partial charge is 0.254 e. The van der Waals surface area contributed by atoms with Gasteiger partial charge in [-0.3, -0.25) is 4.79 Å². The number of amides is 1. The minimum atomic E-state index is -0.264. The van der Waals surface area contributed by atoms with E-state index in [4.69, 9.17) is 0 Å². The van der Waals surface area contributed by atoms with Crippen molar-refractivity contribution in [2.45, 2.75) is 32.4 Å². The van der Waals surface area contributed by atoms with Gasteiger partial charge in [-0.2, -0.15) is 0 Å². The van der Waals surface area contributed by atoms with E-state index in [9.17, 15) is 9.90 Å². The molecule has 1 aliphatic rings. The van der Waals surface area contributed by atoms with Gasteiger partial charge in [0.2, 0.25) is 0 Å². The number of hydrogen-bond acceptors (Lipinski definition) is 4. The van der Waals surface area contributed by atoms with Crippen LogP contribution >= 0.6 is 0 Å². The Kier molecular flexibility index (Phi) is 3.49. The second-order valence-corrected chi connectivity index (χ2v) is 5.90. The Morgan fingerprint density at radius 1 is 1.47 bits per heavy atom. The summed E-state index contributed by atoms with van der Waals surface area (Å²) in [6, 6.07) is 3.78. The zero-order valence-electron chi connectivity index (χ0n) is 11.8. The maximum atomic E-state index is 11.7. The fourth-order valence-electron chi connectivity index (χ4n) is 2.19. The summed E-state index contributed by atoms with van der Waals surface area (Å²) in [4.78, 5) is 17.5. The van der Waals surface area contributed by atoms with E-state index in [2.05, 4.69) is 10.3 Å². The van der Waals surface area contributed by atoms with E-state index >= 15 is 0 Å². The molecule has 0 aromatic carbocycles. The van der Waals surface area contributed by atoms with Crippen LogP contribution in [0.5, 0.6) is 0 Å². The van der Waals surface area contributed by atoms with E-state index in [1.165, 1.54) is 4.90 Å². The summed E-state index contributed by atoms with van der Waals surface area (Å²) in [5.74, 6) is 0.679. The van der Waals surface area contributed by atoms with Gasteiger partial charge in [-0.15, -0.1) is 0 Å². The van der Waals surface area contributed by atoms with E-state index in [0.717, 1.165) is 12.2 Å². The molecule has 1 amide bonds. The highest BCUT2D eigenvalue weighted by Crippen LogP contribution is 2.41. The van der Waals surface area contributed by atoms with Crippen molar-refractivity contribution in [3.05, 3.63) is 23.9 Å². The number of nitrogens with zero attached hydrogens (tertiary/aromatic N) is 2. The van der Waals surface area contributed by atoms with Crippen LogP contribution in [0, 0.1) is 5.41 Å². The lowest BCUT2D eigenvalue weighted by Crippen LogP contribution is -2.57. The van der Waals surface area contributed by atoms with Gasteiger partial charge in [0.1, 0.15) is 5.82 Å². The van der Waals surface area contributed by atoms with Crippen molar-refractivity contribution in [2.24, 2.45) is 5.41 Å². The molecule has 0 bridgehead atoms. The van der Waals surface area contributed by atoms with E-state index in [0.29, 0.717) is 5.56 Å². The third-order valence-electron chi connectivity index (χ3n) is 3.95. The number of carbonyl (C=O) groups is 1. The Balaban J connectivity index is 2.02. The highest BCUT2D eigenvalue weighted by Gasteiger charge is 2.47. The predicted octanol–water partition coefficient (Wildman–Crippen LogP) is 1.35. The quantitative estimate of drug-likeness (QED) is 0.864. The molecule has 5 heteroatoms. The lowest BCUT2D eigenvalue weighted by atomic mass is 9.64. The average molecular weight is 263 g/mol. The maximum absolute atomic E-state index is 11.7. The molecule has 1 fully saturated rings. The van der Waals surface area contributed by atoms with Gasteiger partial charge in [0.05, 0.1) is 11.7 Å².